The average Bonchev–Trinajstić information content (AvgIpc) is 2.94. The molecule has 108 valence electrons. The van der Waals surface area contributed by atoms with E-state index in [0.29, 0.717) is 5.92 Å². The van der Waals surface area contributed by atoms with Crippen LogP contribution in [0.5, 0.6) is 0 Å². The van der Waals surface area contributed by atoms with Gasteiger partial charge in [0.1, 0.15) is 0 Å². The highest BCUT2D eigenvalue weighted by Crippen LogP contribution is 2.39. The maximum absolute atomic E-state index is 14.9. The van der Waals surface area contributed by atoms with Gasteiger partial charge >= 0.3 is 0 Å². The monoisotopic (exact) mass is 281 g/mol. The lowest BCUT2D eigenvalue weighted by Crippen LogP contribution is -2.08. The number of para-hydroxylation sites is 1. The van der Waals surface area contributed by atoms with Gasteiger partial charge in [0.2, 0.25) is 0 Å². The first-order chi connectivity index (χ1) is 10.3. The van der Waals surface area contributed by atoms with Crippen LogP contribution < -0.4 is 5.32 Å². The van der Waals surface area contributed by atoms with E-state index >= 15 is 0 Å². The molecule has 1 aliphatic heterocycles. The van der Waals surface area contributed by atoms with Gasteiger partial charge in [-0.05, 0) is 41.9 Å². The van der Waals surface area contributed by atoms with Gasteiger partial charge in [-0.15, -0.1) is 0 Å². The summed E-state index contributed by atoms with van der Waals surface area (Å²) in [4.78, 5) is 0. The molecule has 0 spiro atoms. The number of fused-ring (bicyclic) bond motifs is 1. The molecular weight excluding hydrogens is 261 g/mol. The van der Waals surface area contributed by atoms with E-state index < -0.39 is 6.17 Å². The molecule has 1 N–H and O–H groups in total. The Morgan fingerprint density at radius 3 is 2.57 bits per heavy atom. The molecule has 1 heterocycles. The lowest BCUT2D eigenvalue weighted by molar-refractivity contribution is 0.401. The molecule has 0 radical (unpaired) electrons. The standard InChI is InChI=1S/C19H20FN/c20-18(17-6-2-5-16-11-12-21-19(16)17)15-9-7-14(8-10-15)13-3-1-4-13/h2,5-10,13,18,21H,1,3-4,11-12H2. The Kier molecular flexibility index (Phi) is 3.17. The highest BCUT2D eigenvalue weighted by Gasteiger charge is 2.23. The Morgan fingerprint density at radius 1 is 1.05 bits per heavy atom. The normalized spacial score (nSPS) is 18.7. The molecule has 2 aromatic rings. The summed E-state index contributed by atoms with van der Waals surface area (Å²) in [6, 6.07) is 14.1. The lowest BCUT2D eigenvalue weighted by Gasteiger charge is -2.26. The summed E-state index contributed by atoms with van der Waals surface area (Å²) in [7, 11) is 0. The minimum absolute atomic E-state index is 0.708. The molecule has 2 heteroatoms. The fourth-order valence-corrected chi connectivity index (χ4v) is 3.44. The van der Waals surface area contributed by atoms with E-state index in [1.165, 1.54) is 30.4 Å². The summed E-state index contributed by atoms with van der Waals surface area (Å²) >= 11 is 0. The Morgan fingerprint density at radius 2 is 1.86 bits per heavy atom. The third-order valence-electron chi connectivity index (χ3n) is 4.96. The quantitative estimate of drug-likeness (QED) is 0.836. The van der Waals surface area contributed by atoms with Crippen molar-refractivity contribution in [3.63, 3.8) is 0 Å². The smallest absolute Gasteiger partial charge is 0.152 e. The van der Waals surface area contributed by atoms with Crippen LogP contribution in [0.15, 0.2) is 42.5 Å². The molecule has 2 aliphatic rings. The predicted octanol–water partition coefficient (Wildman–Crippen LogP) is 4.98. The van der Waals surface area contributed by atoms with Crippen molar-refractivity contribution in [3.8, 4) is 0 Å². The van der Waals surface area contributed by atoms with E-state index in [1.54, 1.807) is 0 Å². The summed E-state index contributed by atoms with van der Waals surface area (Å²) < 4.78 is 14.9. The SMILES string of the molecule is FC(c1ccc(C2CCC2)cc1)c1cccc2c1NCC2. The number of hydrogen-bond acceptors (Lipinski definition) is 1. The molecule has 21 heavy (non-hydrogen) atoms. The number of halogens is 1. The fraction of sp³-hybridized carbons (Fsp3) is 0.368. The second kappa shape index (κ2) is 5.18. The number of benzene rings is 2. The summed E-state index contributed by atoms with van der Waals surface area (Å²) in [5.41, 5.74) is 5.16. The Labute approximate surface area is 125 Å². The van der Waals surface area contributed by atoms with E-state index in [9.17, 15) is 4.39 Å². The topological polar surface area (TPSA) is 12.0 Å². The van der Waals surface area contributed by atoms with Crippen molar-refractivity contribution in [1.82, 2.24) is 0 Å². The minimum atomic E-state index is -1.04. The molecule has 0 amide bonds. The maximum atomic E-state index is 14.9. The van der Waals surface area contributed by atoms with Gasteiger partial charge in [0.05, 0.1) is 0 Å². The van der Waals surface area contributed by atoms with Crippen LogP contribution in [0.2, 0.25) is 0 Å². The van der Waals surface area contributed by atoms with Gasteiger partial charge in [-0.1, -0.05) is 48.9 Å². The van der Waals surface area contributed by atoms with Gasteiger partial charge < -0.3 is 5.32 Å². The van der Waals surface area contributed by atoms with Gasteiger partial charge in [-0.3, -0.25) is 0 Å². The van der Waals surface area contributed by atoms with E-state index in [-0.39, 0.29) is 0 Å². The molecule has 1 unspecified atom stereocenters. The number of alkyl halides is 1. The molecule has 0 aromatic heterocycles. The van der Waals surface area contributed by atoms with Gasteiger partial charge in [0, 0.05) is 17.8 Å². The van der Waals surface area contributed by atoms with Gasteiger partial charge in [0.25, 0.3) is 0 Å². The van der Waals surface area contributed by atoms with Crippen LogP contribution in [0.3, 0.4) is 0 Å². The number of anilines is 1. The van der Waals surface area contributed by atoms with Crippen molar-refractivity contribution in [2.24, 2.45) is 0 Å². The van der Waals surface area contributed by atoms with Crippen LogP contribution in [0.25, 0.3) is 0 Å². The molecule has 1 aliphatic carbocycles. The Balaban J connectivity index is 1.62. The molecule has 4 rings (SSSR count). The van der Waals surface area contributed by atoms with Crippen LogP contribution in [0.1, 0.15) is 53.6 Å². The minimum Gasteiger partial charge on any atom is -0.384 e. The maximum Gasteiger partial charge on any atom is 0.152 e. The van der Waals surface area contributed by atoms with Crippen molar-refractivity contribution in [1.29, 1.82) is 0 Å². The van der Waals surface area contributed by atoms with Crippen LogP contribution in [0.4, 0.5) is 10.1 Å². The average molecular weight is 281 g/mol. The number of rotatable bonds is 3. The van der Waals surface area contributed by atoms with Gasteiger partial charge in [-0.2, -0.15) is 0 Å². The summed E-state index contributed by atoms with van der Waals surface area (Å²) in [5, 5.41) is 3.33. The van der Waals surface area contributed by atoms with E-state index in [1.807, 2.05) is 24.3 Å². The van der Waals surface area contributed by atoms with Gasteiger partial charge in [0.15, 0.2) is 6.17 Å². The van der Waals surface area contributed by atoms with Crippen LogP contribution in [0, 0.1) is 0 Å². The van der Waals surface area contributed by atoms with E-state index in [4.69, 9.17) is 0 Å². The van der Waals surface area contributed by atoms with Crippen LogP contribution in [-0.2, 0) is 6.42 Å². The molecular formula is C19H20FN. The zero-order chi connectivity index (χ0) is 14.2. The third kappa shape index (κ3) is 2.23. The van der Waals surface area contributed by atoms with Gasteiger partial charge in [-0.25, -0.2) is 4.39 Å². The second-order valence-corrected chi connectivity index (χ2v) is 6.22. The Bertz CT molecular complexity index is 643. The van der Waals surface area contributed by atoms with Crippen molar-refractivity contribution >= 4 is 5.69 Å². The summed E-state index contributed by atoms with van der Waals surface area (Å²) in [6.07, 6.45) is 3.86. The molecule has 2 aromatic carbocycles. The molecule has 0 bridgehead atoms. The molecule has 1 saturated carbocycles. The third-order valence-corrected chi connectivity index (χ3v) is 4.96. The fourth-order valence-electron chi connectivity index (χ4n) is 3.44. The zero-order valence-electron chi connectivity index (χ0n) is 12.1. The molecule has 1 fully saturated rings. The molecule has 1 atom stereocenters. The zero-order valence-corrected chi connectivity index (χ0v) is 12.1. The highest BCUT2D eigenvalue weighted by atomic mass is 19.1. The van der Waals surface area contributed by atoms with Crippen LogP contribution >= 0.6 is 0 Å². The summed E-state index contributed by atoms with van der Waals surface area (Å²) in [5.74, 6) is 0.708. The largest absolute Gasteiger partial charge is 0.384 e. The Hall–Kier alpha value is -1.83. The van der Waals surface area contributed by atoms with E-state index in [0.717, 1.165) is 29.8 Å². The first-order valence-corrected chi connectivity index (χ1v) is 7.92. The highest BCUT2D eigenvalue weighted by molar-refractivity contribution is 5.63. The second-order valence-electron chi connectivity index (χ2n) is 6.22. The first kappa shape index (κ1) is 12.9. The van der Waals surface area contributed by atoms with Crippen LogP contribution in [-0.4, -0.2) is 6.54 Å². The lowest BCUT2D eigenvalue weighted by atomic mass is 9.80. The predicted molar refractivity (Wildman–Crippen MR) is 84.6 cm³/mol. The van der Waals surface area contributed by atoms with Crippen molar-refractivity contribution in [3.05, 3.63) is 64.7 Å². The van der Waals surface area contributed by atoms with E-state index in [2.05, 4.69) is 23.5 Å². The molecule has 0 saturated heterocycles. The summed E-state index contributed by atoms with van der Waals surface area (Å²) in [6.45, 7) is 0.916. The molecule has 1 nitrogen and oxygen atoms in total. The number of hydrogen-bond donors (Lipinski definition) is 1. The number of nitrogens with one attached hydrogen (secondary N) is 1. The van der Waals surface area contributed by atoms with Crippen molar-refractivity contribution in [2.45, 2.75) is 37.8 Å². The first-order valence-electron chi connectivity index (χ1n) is 7.92. The van der Waals surface area contributed by atoms with Crippen molar-refractivity contribution in [2.75, 3.05) is 11.9 Å². The van der Waals surface area contributed by atoms with Crippen molar-refractivity contribution < 1.29 is 4.39 Å².